The molecule has 45 heavy (non-hydrogen) atoms. The third-order valence-corrected chi connectivity index (χ3v) is 8.45. The van der Waals surface area contributed by atoms with Crippen molar-refractivity contribution in [2.45, 2.75) is 65.3 Å². The maximum atomic E-state index is 12.8. The van der Waals surface area contributed by atoms with Gasteiger partial charge in [0.2, 0.25) is 5.91 Å². The average Bonchev–Trinajstić information content (AvgIpc) is 3.46. The molecular weight excluding hydrogens is 615 g/mol. The zero-order chi connectivity index (χ0) is 29.1. The van der Waals surface area contributed by atoms with Crippen LogP contribution < -0.4 is 15.4 Å². The van der Waals surface area contributed by atoms with Gasteiger partial charge in [-0.05, 0) is 55.4 Å². The number of anilines is 1. The van der Waals surface area contributed by atoms with Crippen molar-refractivity contribution in [3.63, 3.8) is 0 Å². The minimum absolute atomic E-state index is 0. The predicted molar refractivity (Wildman–Crippen MR) is 180 cm³/mol. The maximum absolute atomic E-state index is 12.8. The Labute approximate surface area is 278 Å². The van der Waals surface area contributed by atoms with Crippen LogP contribution in [0.5, 0.6) is 5.75 Å². The van der Waals surface area contributed by atoms with Gasteiger partial charge in [-0.2, -0.15) is 27.0 Å². The smallest absolute Gasteiger partial charge is 0.270 e. The van der Waals surface area contributed by atoms with Crippen LogP contribution in [0.25, 0.3) is 0 Å². The summed E-state index contributed by atoms with van der Waals surface area (Å²) in [5.74, 6) is 2.03. The monoisotopic (exact) mass is 659 g/mol. The second kappa shape index (κ2) is 16.3. The second-order valence-corrected chi connectivity index (χ2v) is 11.4. The number of fused-ring (bicyclic) bond motifs is 1. The Morgan fingerprint density at radius 3 is 2.69 bits per heavy atom. The summed E-state index contributed by atoms with van der Waals surface area (Å²) in [7, 11) is 0. The van der Waals surface area contributed by atoms with Crippen molar-refractivity contribution in [1.29, 1.82) is 0 Å². The number of β-amino-alcohol motifs (C(OH)–C–C–N with tert-alkyl or cyclic N) is 1. The number of hydrogen-bond acceptors (Lipinski definition) is 10. The molecule has 3 aliphatic rings. The number of aromatic nitrogens is 3. The first-order valence-corrected chi connectivity index (χ1v) is 14.6. The van der Waals surface area contributed by atoms with Gasteiger partial charge in [0.25, 0.3) is 5.91 Å². The highest BCUT2D eigenvalue weighted by Gasteiger charge is 2.38. The molecule has 1 atom stereocenters. The summed E-state index contributed by atoms with van der Waals surface area (Å²) >= 11 is 0. The number of aliphatic hydroxyl groups excluding tert-OH is 1. The van der Waals surface area contributed by atoms with Gasteiger partial charge in [0.15, 0.2) is 12.2 Å². The Hall–Kier alpha value is -3.33. The topological polar surface area (TPSA) is 146 Å². The maximum Gasteiger partial charge on any atom is 0.270 e. The number of rotatable bonds is 11. The molecule has 4 heterocycles. The number of amides is 2. The molecule has 1 saturated heterocycles. The van der Waals surface area contributed by atoms with E-state index in [9.17, 15) is 14.7 Å². The quantitative estimate of drug-likeness (QED) is 0.281. The minimum Gasteiger partial charge on any atom is -0.485 e. The Bertz CT molecular complexity index is 1420. The van der Waals surface area contributed by atoms with Crippen LogP contribution in [0.4, 0.5) is 5.82 Å². The molecule has 0 bridgehead atoms. The first-order chi connectivity index (χ1) is 20.4. The van der Waals surface area contributed by atoms with Crippen LogP contribution in [0.15, 0.2) is 41.5 Å². The van der Waals surface area contributed by atoms with Gasteiger partial charge in [0, 0.05) is 57.3 Å². The van der Waals surface area contributed by atoms with Gasteiger partial charge < -0.3 is 29.8 Å². The number of nitrogens with zero attached hydrogens (tertiary/aromatic N) is 5. The molecule has 2 aromatic heterocycles. The van der Waals surface area contributed by atoms with Crippen molar-refractivity contribution in [2.24, 2.45) is 5.92 Å². The number of ether oxygens (including phenoxy) is 1. The van der Waals surface area contributed by atoms with Crippen molar-refractivity contribution in [2.75, 3.05) is 38.0 Å². The number of carbonyl (C=O) groups excluding carboxylic acids is 2. The van der Waals surface area contributed by atoms with Crippen molar-refractivity contribution in [3.05, 3.63) is 65.3 Å². The van der Waals surface area contributed by atoms with E-state index in [0.717, 1.165) is 63.2 Å². The molecule has 246 valence electrons. The van der Waals surface area contributed by atoms with Crippen molar-refractivity contribution in [1.82, 2.24) is 30.1 Å². The average molecular weight is 660 g/mol. The molecule has 3 aromatic rings. The molecule has 1 aromatic carbocycles. The van der Waals surface area contributed by atoms with Crippen LogP contribution >= 0.6 is 27.0 Å². The predicted octanol–water partition coefficient (Wildman–Crippen LogP) is 2.79. The summed E-state index contributed by atoms with van der Waals surface area (Å²) in [4.78, 5) is 41.4. The Morgan fingerprint density at radius 2 is 1.98 bits per heavy atom. The second-order valence-electron chi connectivity index (χ2n) is 11.4. The van der Waals surface area contributed by atoms with E-state index >= 15 is 0 Å². The molecule has 3 N–H and O–H groups in total. The number of hydrogen-bond donors (Lipinski definition) is 3. The van der Waals surface area contributed by atoms with Gasteiger partial charge >= 0.3 is 0 Å². The number of nitrogens with one attached hydrogen (secondary N) is 2. The van der Waals surface area contributed by atoms with Gasteiger partial charge in [-0.25, -0.2) is 15.0 Å². The van der Waals surface area contributed by atoms with Gasteiger partial charge in [0.1, 0.15) is 30.2 Å². The van der Waals surface area contributed by atoms with Crippen LogP contribution in [0.1, 0.15) is 59.6 Å². The van der Waals surface area contributed by atoms with E-state index in [4.69, 9.17) is 9.15 Å². The molecule has 2 aliphatic heterocycles. The summed E-state index contributed by atoms with van der Waals surface area (Å²) in [5, 5.41) is 16.8. The number of oxazole rings is 1. The lowest BCUT2D eigenvalue weighted by molar-refractivity contribution is -0.142. The summed E-state index contributed by atoms with van der Waals surface area (Å²) in [5.41, 5.74) is 3.84. The van der Waals surface area contributed by atoms with Crippen LogP contribution in [0.2, 0.25) is 0 Å². The summed E-state index contributed by atoms with van der Waals surface area (Å²) in [6, 6.07) is 5.82. The zero-order valence-electron chi connectivity index (χ0n) is 24.8. The standard InChI is InChI=1S/C30H37N7O5.CH4.2H2S/c1-19-25-5-8-36(14-20(25)3-4-27(19)41-16-24-13-31-18-42-24)15-23(38)12-32-29(39)26-11-28(34-17-33-26)35-22-9-21(10-22)30(40)37-6-2-7-37;;;/h3-4,11,13,17-18,21-23,38H,2,5-10,12,14-16H2,1H3,(H,32,39)(H,33,34,35);1H4;2*1H2/t21?,22?,23-;;;/m0.../s1. The van der Waals surface area contributed by atoms with Crippen LogP contribution in [-0.4, -0.2) is 86.5 Å². The molecule has 1 aliphatic carbocycles. The van der Waals surface area contributed by atoms with Crippen molar-refractivity contribution >= 4 is 44.6 Å². The molecule has 1 saturated carbocycles. The molecule has 0 spiro atoms. The first kappa shape index (κ1) is 36.1. The van der Waals surface area contributed by atoms with Gasteiger partial charge in [-0.1, -0.05) is 13.5 Å². The molecule has 2 fully saturated rings. The Morgan fingerprint density at radius 1 is 1.18 bits per heavy atom. The largest absolute Gasteiger partial charge is 0.485 e. The molecule has 6 rings (SSSR count). The number of carbonyl (C=O) groups is 2. The van der Waals surface area contributed by atoms with Gasteiger partial charge in [-0.15, -0.1) is 0 Å². The zero-order valence-corrected chi connectivity index (χ0v) is 26.8. The van der Waals surface area contributed by atoms with Crippen LogP contribution in [-0.2, 0) is 24.4 Å². The Kier molecular flexibility index (Phi) is 13.1. The summed E-state index contributed by atoms with van der Waals surface area (Å²) < 4.78 is 11.2. The lowest BCUT2D eigenvalue weighted by Crippen LogP contribution is -2.50. The van der Waals surface area contributed by atoms with E-state index in [1.54, 1.807) is 12.3 Å². The minimum atomic E-state index is -0.726. The first-order valence-electron chi connectivity index (χ1n) is 14.6. The van der Waals surface area contributed by atoms with Crippen LogP contribution in [0.3, 0.4) is 0 Å². The van der Waals surface area contributed by atoms with Crippen molar-refractivity contribution < 1.29 is 23.8 Å². The summed E-state index contributed by atoms with van der Waals surface area (Å²) in [6.07, 6.45) is 7.15. The molecule has 14 heteroatoms. The lowest BCUT2D eigenvalue weighted by atomic mass is 9.79. The summed E-state index contributed by atoms with van der Waals surface area (Å²) in [6.45, 7) is 6.24. The van der Waals surface area contributed by atoms with Crippen molar-refractivity contribution in [3.8, 4) is 5.75 Å². The third-order valence-electron chi connectivity index (χ3n) is 8.45. The van der Waals surface area contributed by atoms with E-state index in [1.165, 1.54) is 23.8 Å². The van der Waals surface area contributed by atoms with E-state index in [2.05, 4.69) is 43.5 Å². The van der Waals surface area contributed by atoms with Gasteiger partial charge in [0.05, 0.1) is 12.3 Å². The normalized spacial score (nSPS) is 19.2. The number of aliphatic hydroxyl groups is 1. The van der Waals surface area contributed by atoms with E-state index in [1.807, 2.05) is 11.0 Å². The Balaban J connectivity index is 0.00000184. The lowest BCUT2D eigenvalue weighted by Gasteiger charge is -2.41. The van der Waals surface area contributed by atoms with E-state index < -0.39 is 6.10 Å². The molecule has 0 unspecified atom stereocenters. The fourth-order valence-electron chi connectivity index (χ4n) is 5.82. The fraction of sp³-hybridized carbons (Fsp3) is 0.516. The van der Waals surface area contributed by atoms with E-state index in [-0.39, 0.29) is 70.4 Å². The number of likely N-dealkylation sites (tertiary alicyclic amines) is 1. The third kappa shape index (κ3) is 8.69. The molecule has 2 amide bonds. The highest BCUT2D eigenvalue weighted by molar-refractivity contribution is 7.59. The number of benzene rings is 1. The van der Waals surface area contributed by atoms with Crippen LogP contribution in [0, 0.1) is 12.8 Å². The molecule has 12 nitrogen and oxygen atoms in total. The molecular formula is C31H45N7O5S2. The van der Waals surface area contributed by atoms with E-state index in [0.29, 0.717) is 24.7 Å². The molecule has 0 radical (unpaired) electrons. The highest BCUT2D eigenvalue weighted by Crippen LogP contribution is 2.33. The van der Waals surface area contributed by atoms with Gasteiger partial charge in [-0.3, -0.25) is 14.5 Å². The SMILES string of the molecule is C.Cc1c(OCc2cnco2)ccc2c1CCN(C[C@@H](O)CNC(=O)c1cc(NC3CC(C(=O)N4CCC4)C3)ncn1)C2.S.S. The highest BCUT2D eigenvalue weighted by atomic mass is 32.1. The fourth-order valence-corrected chi connectivity index (χ4v) is 5.82.